The molecule has 0 atom stereocenters. The minimum atomic E-state index is -0.341. The van der Waals surface area contributed by atoms with Crippen LogP contribution in [0.4, 0.5) is 0 Å². The van der Waals surface area contributed by atoms with E-state index in [1.807, 2.05) is 19.1 Å². The number of amides is 1. The van der Waals surface area contributed by atoms with Gasteiger partial charge in [-0.3, -0.25) is 4.79 Å². The van der Waals surface area contributed by atoms with Gasteiger partial charge in [0.15, 0.2) is 0 Å². The number of nitrogens with zero attached hydrogens (tertiary/aromatic N) is 1. The summed E-state index contributed by atoms with van der Waals surface area (Å²) in [7, 11) is 0. The maximum absolute atomic E-state index is 11.9. The van der Waals surface area contributed by atoms with E-state index in [1.165, 1.54) is 18.3 Å². The van der Waals surface area contributed by atoms with Crippen molar-refractivity contribution in [3.05, 3.63) is 63.1 Å². The zero-order chi connectivity index (χ0) is 16.1. The number of rotatable bonds is 4. The van der Waals surface area contributed by atoms with Gasteiger partial charge >= 0.3 is 0 Å². The molecule has 0 fully saturated rings. The number of phenols is 1. The van der Waals surface area contributed by atoms with Gasteiger partial charge in [0.2, 0.25) is 0 Å². The molecule has 0 spiro atoms. The Labute approximate surface area is 138 Å². The van der Waals surface area contributed by atoms with Crippen LogP contribution < -0.4 is 5.43 Å². The molecule has 22 heavy (non-hydrogen) atoms. The lowest BCUT2D eigenvalue weighted by atomic mass is 10.1. The minimum Gasteiger partial charge on any atom is -0.506 e. The average Bonchev–Trinajstić information content (AvgIpc) is 2.51. The number of hydrazone groups is 1. The summed E-state index contributed by atoms with van der Waals surface area (Å²) < 4.78 is 0. The second-order valence-electron chi connectivity index (χ2n) is 4.58. The van der Waals surface area contributed by atoms with Crippen LogP contribution in [-0.4, -0.2) is 17.2 Å². The summed E-state index contributed by atoms with van der Waals surface area (Å²) in [5, 5.41) is 14.1. The first kappa shape index (κ1) is 16.3. The third-order valence-corrected chi connectivity index (χ3v) is 3.56. The van der Waals surface area contributed by atoms with Crippen molar-refractivity contribution < 1.29 is 9.90 Å². The fourth-order valence-electron chi connectivity index (χ4n) is 1.80. The number of halogens is 2. The highest BCUT2D eigenvalue weighted by molar-refractivity contribution is 6.36. The molecule has 0 aliphatic carbocycles. The number of hydrogen-bond acceptors (Lipinski definition) is 3. The molecule has 0 aromatic heterocycles. The van der Waals surface area contributed by atoms with E-state index in [2.05, 4.69) is 10.5 Å². The maximum Gasteiger partial charge on any atom is 0.271 e. The van der Waals surface area contributed by atoms with Crippen LogP contribution in [0.1, 0.15) is 28.4 Å². The SMILES string of the molecule is CCc1ccc(C(=O)N/N=C/c2cc(Cl)cc(Cl)c2O)cc1. The Morgan fingerprint density at radius 3 is 2.59 bits per heavy atom. The lowest BCUT2D eigenvalue weighted by Gasteiger charge is -2.03. The number of carbonyl (C=O) groups is 1. The van der Waals surface area contributed by atoms with Gasteiger partial charge in [-0.1, -0.05) is 42.3 Å². The topological polar surface area (TPSA) is 61.7 Å². The second kappa shape index (κ2) is 7.29. The van der Waals surface area contributed by atoms with E-state index in [4.69, 9.17) is 23.2 Å². The maximum atomic E-state index is 11.9. The lowest BCUT2D eigenvalue weighted by Crippen LogP contribution is -2.17. The first-order chi connectivity index (χ1) is 10.5. The first-order valence-electron chi connectivity index (χ1n) is 6.61. The number of aryl methyl sites for hydroxylation is 1. The summed E-state index contributed by atoms with van der Waals surface area (Å²) >= 11 is 11.6. The molecule has 1 amide bonds. The predicted octanol–water partition coefficient (Wildman–Crippen LogP) is 4.03. The Kier molecular flexibility index (Phi) is 5.41. The Balaban J connectivity index is 2.07. The van der Waals surface area contributed by atoms with Crippen LogP contribution in [0.5, 0.6) is 5.75 Å². The molecule has 0 bridgehead atoms. The smallest absolute Gasteiger partial charge is 0.271 e. The number of benzene rings is 2. The number of carbonyl (C=O) groups excluding carboxylic acids is 1. The molecule has 2 rings (SSSR count). The van der Waals surface area contributed by atoms with E-state index in [0.29, 0.717) is 16.1 Å². The van der Waals surface area contributed by atoms with Crippen molar-refractivity contribution in [3.8, 4) is 5.75 Å². The van der Waals surface area contributed by atoms with Gasteiger partial charge in [0.25, 0.3) is 5.91 Å². The molecule has 114 valence electrons. The van der Waals surface area contributed by atoms with E-state index >= 15 is 0 Å². The van der Waals surface area contributed by atoms with E-state index in [1.54, 1.807) is 12.1 Å². The van der Waals surface area contributed by atoms with Crippen LogP contribution in [0.15, 0.2) is 41.5 Å². The van der Waals surface area contributed by atoms with Gasteiger partial charge in [-0.2, -0.15) is 5.10 Å². The molecule has 6 heteroatoms. The highest BCUT2D eigenvalue weighted by Crippen LogP contribution is 2.29. The second-order valence-corrected chi connectivity index (χ2v) is 5.42. The summed E-state index contributed by atoms with van der Waals surface area (Å²) in [5.41, 5.74) is 4.36. The van der Waals surface area contributed by atoms with Crippen LogP contribution in [0.25, 0.3) is 0 Å². The molecule has 0 aliphatic heterocycles. The highest BCUT2D eigenvalue weighted by atomic mass is 35.5. The molecule has 0 heterocycles. The molecule has 0 radical (unpaired) electrons. The summed E-state index contributed by atoms with van der Waals surface area (Å²) in [4.78, 5) is 11.9. The van der Waals surface area contributed by atoms with Crippen LogP contribution in [0.2, 0.25) is 10.0 Å². The van der Waals surface area contributed by atoms with Gasteiger partial charge in [-0.25, -0.2) is 5.43 Å². The fourth-order valence-corrected chi connectivity index (χ4v) is 2.31. The normalized spacial score (nSPS) is 10.9. The molecule has 0 aliphatic rings. The zero-order valence-electron chi connectivity index (χ0n) is 11.8. The highest BCUT2D eigenvalue weighted by Gasteiger charge is 2.07. The van der Waals surface area contributed by atoms with Crippen molar-refractivity contribution >= 4 is 35.3 Å². The van der Waals surface area contributed by atoms with Crippen molar-refractivity contribution in [2.75, 3.05) is 0 Å². The van der Waals surface area contributed by atoms with E-state index in [9.17, 15) is 9.90 Å². The Morgan fingerprint density at radius 1 is 1.27 bits per heavy atom. The van der Waals surface area contributed by atoms with Gasteiger partial charge in [0.05, 0.1) is 11.2 Å². The predicted molar refractivity (Wildman–Crippen MR) is 89.0 cm³/mol. The monoisotopic (exact) mass is 336 g/mol. The largest absolute Gasteiger partial charge is 0.506 e. The zero-order valence-corrected chi connectivity index (χ0v) is 13.3. The number of nitrogens with one attached hydrogen (secondary N) is 1. The van der Waals surface area contributed by atoms with E-state index in [-0.39, 0.29) is 16.7 Å². The van der Waals surface area contributed by atoms with Gasteiger partial charge in [-0.05, 0) is 36.2 Å². The van der Waals surface area contributed by atoms with Crippen molar-refractivity contribution in [3.63, 3.8) is 0 Å². The van der Waals surface area contributed by atoms with E-state index < -0.39 is 0 Å². The van der Waals surface area contributed by atoms with Crippen LogP contribution in [0, 0.1) is 0 Å². The third kappa shape index (κ3) is 4.00. The van der Waals surface area contributed by atoms with Gasteiger partial charge < -0.3 is 5.11 Å². The van der Waals surface area contributed by atoms with Crippen LogP contribution >= 0.6 is 23.2 Å². The Morgan fingerprint density at radius 2 is 1.95 bits per heavy atom. The number of aromatic hydroxyl groups is 1. The Bertz CT molecular complexity index is 713. The summed E-state index contributed by atoms with van der Waals surface area (Å²) in [6.07, 6.45) is 2.19. The number of phenolic OH excluding ortho intramolecular Hbond substituents is 1. The molecular formula is C16H14Cl2N2O2. The lowest BCUT2D eigenvalue weighted by molar-refractivity contribution is 0.0955. The van der Waals surface area contributed by atoms with Gasteiger partial charge in [0.1, 0.15) is 5.75 Å². The van der Waals surface area contributed by atoms with Gasteiger partial charge in [0, 0.05) is 16.1 Å². The van der Waals surface area contributed by atoms with Crippen LogP contribution in [-0.2, 0) is 6.42 Å². The van der Waals surface area contributed by atoms with Crippen molar-refractivity contribution in [1.82, 2.24) is 5.43 Å². The summed E-state index contributed by atoms with van der Waals surface area (Å²) in [6, 6.07) is 10.2. The first-order valence-corrected chi connectivity index (χ1v) is 7.37. The van der Waals surface area contributed by atoms with Crippen LogP contribution in [0.3, 0.4) is 0 Å². The van der Waals surface area contributed by atoms with Crippen molar-refractivity contribution in [2.24, 2.45) is 5.10 Å². The molecule has 0 saturated heterocycles. The third-order valence-electron chi connectivity index (χ3n) is 3.05. The molecule has 2 aromatic rings. The van der Waals surface area contributed by atoms with Crippen molar-refractivity contribution in [1.29, 1.82) is 0 Å². The average molecular weight is 337 g/mol. The molecule has 2 N–H and O–H groups in total. The van der Waals surface area contributed by atoms with Gasteiger partial charge in [-0.15, -0.1) is 0 Å². The molecular weight excluding hydrogens is 323 g/mol. The fraction of sp³-hybridized carbons (Fsp3) is 0.125. The minimum absolute atomic E-state index is 0.121. The Hall–Kier alpha value is -2.04. The molecule has 2 aromatic carbocycles. The summed E-state index contributed by atoms with van der Waals surface area (Å²) in [6.45, 7) is 2.04. The van der Waals surface area contributed by atoms with Crippen molar-refractivity contribution in [2.45, 2.75) is 13.3 Å². The standard InChI is InChI=1S/C16H14Cl2N2O2/c1-2-10-3-5-11(6-4-10)16(22)20-19-9-12-7-13(17)8-14(18)15(12)21/h3-9,21H,2H2,1H3,(H,20,22)/b19-9+. The molecule has 0 saturated carbocycles. The summed E-state index contributed by atoms with van der Waals surface area (Å²) in [5.74, 6) is -0.483. The van der Waals surface area contributed by atoms with E-state index in [0.717, 1.165) is 12.0 Å². The molecule has 0 unspecified atom stereocenters. The molecule has 4 nitrogen and oxygen atoms in total. The quantitative estimate of drug-likeness (QED) is 0.654. The number of hydrogen-bond donors (Lipinski definition) is 2.